The Bertz CT molecular complexity index is 528. The van der Waals surface area contributed by atoms with Crippen LogP contribution in [0.15, 0.2) is 36.7 Å². The molecule has 0 bridgehead atoms. The topological polar surface area (TPSA) is 37.8 Å². The van der Waals surface area contributed by atoms with E-state index in [-0.39, 0.29) is 0 Å². The third-order valence-electron chi connectivity index (χ3n) is 3.51. The average Bonchev–Trinajstić information content (AvgIpc) is 2.94. The van der Waals surface area contributed by atoms with Crippen molar-refractivity contribution in [3.63, 3.8) is 0 Å². The molecule has 18 heavy (non-hydrogen) atoms. The van der Waals surface area contributed by atoms with Crippen molar-refractivity contribution in [3.8, 4) is 11.3 Å². The molecule has 92 valence electrons. The van der Waals surface area contributed by atoms with Crippen LogP contribution in [0, 0.1) is 6.92 Å². The summed E-state index contributed by atoms with van der Waals surface area (Å²) in [6, 6.07) is 8.67. The maximum Gasteiger partial charge on any atom is 0.0888 e. The van der Waals surface area contributed by atoms with Gasteiger partial charge in [0.15, 0.2) is 0 Å². The molecule has 1 saturated heterocycles. The number of aryl methyl sites for hydroxylation is 1. The van der Waals surface area contributed by atoms with E-state index in [1.807, 2.05) is 24.5 Å². The van der Waals surface area contributed by atoms with Crippen molar-refractivity contribution in [3.05, 3.63) is 47.9 Å². The highest BCUT2D eigenvalue weighted by atomic mass is 15.0. The highest BCUT2D eigenvalue weighted by Crippen LogP contribution is 2.23. The predicted octanol–water partition coefficient (Wildman–Crippen LogP) is 2.88. The Hall–Kier alpha value is -1.74. The van der Waals surface area contributed by atoms with Gasteiger partial charge < -0.3 is 5.32 Å². The lowest BCUT2D eigenvalue weighted by molar-refractivity contribution is 0.624. The van der Waals surface area contributed by atoms with E-state index in [4.69, 9.17) is 0 Å². The second kappa shape index (κ2) is 4.86. The zero-order valence-electron chi connectivity index (χ0n) is 10.6. The smallest absolute Gasteiger partial charge is 0.0888 e. The molecule has 0 radical (unpaired) electrons. The van der Waals surface area contributed by atoms with Gasteiger partial charge in [-0.1, -0.05) is 24.3 Å². The number of nitrogens with one attached hydrogen (secondary N) is 1. The van der Waals surface area contributed by atoms with Crippen LogP contribution in [0.4, 0.5) is 0 Å². The summed E-state index contributed by atoms with van der Waals surface area (Å²) in [5, 5.41) is 3.44. The second-order valence-electron chi connectivity index (χ2n) is 4.79. The molecular formula is C15H17N3. The summed E-state index contributed by atoms with van der Waals surface area (Å²) in [6.07, 6.45) is 6.19. The summed E-state index contributed by atoms with van der Waals surface area (Å²) in [6.45, 7) is 3.19. The van der Waals surface area contributed by atoms with Crippen molar-refractivity contribution < 1.29 is 0 Å². The number of hydrogen-bond acceptors (Lipinski definition) is 3. The number of benzene rings is 1. The summed E-state index contributed by atoms with van der Waals surface area (Å²) in [5.74, 6) is 0. The summed E-state index contributed by atoms with van der Waals surface area (Å²) in [7, 11) is 0. The summed E-state index contributed by atoms with van der Waals surface area (Å²) in [5.41, 5.74) is 4.41. The van der Waals surface area contributed by atoms with Crippen LogP contribution in [0.2, 0.25) is 0 Å². The molecule has 0 spiro atoms. The SMILES string of the molecule is Cc1ccccc1-c1cnc(C2CCCN2)cn1. The van der Waals surface area contributed by atoms with Crippen LogP contribution < -0.4 is 5.32 Å². The van der Waals surface area contributed by atoms with E-state index in [1.54, 1.807) is 0 Å². The quantitative estimate of drug-likeness (QED) is 0.875. The fourth-order valence-corrected chi connectivity index (χ4v) is 2.45. The second-order valence-corrected chi connectivity index (χ2v) is 4.79. The predicted molar refractivity (Wildman–Crippen MR) is 72.2 cm³/mol. The first kappa shape index (κ1) is 11.4. The third kappa shape index (κ3) is 2.14. The molecule has 1 atom stereocenters. The number of nitrogens with zero attached hydrogens (tertiary/aromatic N) is 2. The molecule has 2 heterocycles. The van der Waals surface area contributed by atoms with Crippen molar-refractivity contribution in [2.75, 3.05) is 6.54 Å². The normalized spacial score (nSPS) is 19.1. The first-order valence-corrected chi connectivity index (χ1v) is 6.46. The van der Waals surface area contributed by atoms with Gasteiger partial charge in [-0.05, 0) is 31.9 Å². The zero-order valence-corrected chi connectivity index (χ0v) is 10.6. The zero-order chi connectivity index (χ0) is 12.4. The molecule has 3 rings (SSSR count). The Morgan fingerprint density at radius 2 is 2.06 bits per heavy atom. The Labute approximate surface area is 107 Å². The van der Waals surface area contributed by atoms with Gasteiger partial charge in [-0.25, -0.2) is 0 Å². The lowest BCUT2D eigenvalue weighted by Gasteiger charge is -2.10. The average molecular weight is 239 g/mol. The molecule has 0 aliphatic carbocycles. The van der Waals surface area contributed by atoms with Crippen LogP contribution in [0.3, 0.4) is 0 Å². The van der Waals surface area contributed by atoms with Gasteiger partial charge in [-0.15, -0.1) is 0 Å². The van der Waals surface area contributed by atoms with Crippen molar-refractivity contribution in [2.45, 2.75) is 25.8 Å². The maximum absolute atomic E-state index is 4.55. The molecule has 1 aliphatic rings. The monoisotopic (exact) mass is 239 g/mol. The summed E-state index contributed by atoms with van der Waals surface area (Å²) < 4.78 is 0. The maximum atomic E-state index is 4.55. The molecule has 1 aromatic heterocycles. The van der Waals surface area contributed by atoms with Crippen molar-refractivity contribution in [1.82, 2.24) is 15.3 Å². The van der Waals surface area contributed by atoms with Crippen LogP contribution in [0.5, 0.6) is 0 Å². The third-order valence-corrected chi connectivity index (χ3v) is 3.51. The van der Waals surface area contributed by atoms with E-state index in [1.165, 1.54) is 18.4 Å². The first-order chi connectivity index (χ1) is 8.84. The number of aromatic nitrogens is 2. The highest BCUT2D eigenvalue weighted by molar-refractivity contribution is 5.62. The van der Waals surface area contributed by atoms with Gasteiger partial charge in [0, 0.05) is 5.56 Å². The minimum Gasteiger partial charge on any atom is -0.309 e. The molecule has 0 amide bonds. The van der Waals surface area contributed by atoms with Crippen LogP contribution in [-0.2, 0) is 0 Å². The Morgan fingerprint density at radius 3 is 2.72 bits per heavy atom. The molecule has 0 saturated carbocycles. The highest BCUT2D eigenvalue weighted by Gasteiger charge is 2.17. The number of rotatable bonds is 2. The Balaban J connectivity index is 1.89. The molecule has 1 unspecified atom stereocenters. The van der Waals surface area contributed by atoms with E-state index in [0.29, 0.717) is 6.04 Å². The Morgan fingerprint density at radius 1 is 1.17 bits per heavy atom. The summed E-state index contributed by atoms with van der Waals surface area (Å²) >= 11 is 0. The van der Waals surface area contributed by atoms with E-state index in [0.717, 1.165) is 23.5 Å². The van der Waals surface area contributed by atoms with E-state index in [2.05, 4.69) is 34.3 Å². The fraction of sp³-hybridized carbons (Fsp3) is 0.333. The standard InChI is InChI=1S/C15H17N3/c1-11-5-2-3-6-12(11)14-9-18-15(10-17-14)13-7-4-8-16-13/h2-3,5-6,9-10,13,16H,4,7-8H2,1H3. The lowest BCUT2D eigenvalue weighted by atomic mass is 10.1. The van der Waals surface area contributed by atoms with Gasteiger partial charge in [-0.2, -0.15) is 0 Å². The van der Waals surface area contributed by atoms with Gasteiger partial charge in [-0.3, -0.25) is 9.97 Å². The Kier molecular flexibility index (Phi) is 3.07. The fourth-order valence-electron chi connectivity index (χ4n) is 2.45. The van der Waals surface area contributed by atoms with Crippen molar-refractivity contribution in [1.29, 1.82) is 0 Å². The molecule has 3 nitrogen and oxygen atoms in total. The minimum atomic E-state index is 0.392. The van der Waals surface area contributed by atoms with Crippen LogP contribution in [0.25, 0.3) is 11.3 Å². The lowest BCUT2D eigenvalue weighted by Crippen LogP contribution is -2.14. The van der Waals surface area contributed by atoms with Crippen LogP contribution >= 0.6 is 0 Å². The molecule has 1 aliphatic heterocycles. The van der Waals surface area contributed by atoms with Gasteiger partial charge >= 0.3 is 0 Å². The first-order valence-electron chi connectivity index (χ1n) is 6.46. The largest absolute Gasteiger partial charge is 0.309 e. The molecule has 1 fully saturated rings. The minimum absolute atomic E-state index is 0.392. The molecule has 3 heteroatoms. The molecular weight excluding hydrogens is 222 g/mol. The molecule has 2 aromatic rings. The van der Waals surface area contributed by atoms with Gasteiger partial charge in [0.2, 0.25) is 0 Å². The molecule has 1 N–H and O–H groups in total. The van der Waals surface area contributed by atoms with Crippen LogP contribution in [0.1, 0.15) is 30.1 Å². The van der Waals surface area contributed by atoms with E-state index in [9.17, 15) is 0 Å². The summed E-state index contributed by atoms with van der Waals surface area (Å²) in [4.78, 5) is 9.11. The van der Waals surface area contributed by atoms with Crippen molar-refractivity contribution >= 4 is 0 Å². The van der Waals surface area contributed by atoms with Gasteiger partial charge in [0.25, 0.3) is 0 Å². The van der Waals surface area contributed by atoms with E-state index >= 15 is 0 Å². The number of hydrogen-bond donors (Lipinski definition) is 1. The van der Waals surface area contributed by atoms with Crippen molar-refractivity contribution in [2.24, 2.45) is 0 Å². The van der Waals surface area contributed by atoms with E-state index < -0.39 is 0 Å². The van der Waals surface area contributed by atoms with Gasteiger partial charge in [0.05, 0.1) is 29.8 Å². The van der Waals surface area contributed by atoms with Gasteiger partial charge in [0.1, 0.15) is 0 Å². The van der Waals surface area contributed by atoms with Crippen LogP contribution in [-0.4, -0.2) is 16.5 Å². The molecule has 1 aromatic carbocycles.